The van der Waals surface area contributed by atoms with E-state index in [0.29, 0.717) is 29.8 Å². The summed E-state index contributed by atoms with van der Waals surface area (Å²) in [5.74, 6) is 0.298. The number of aliphatic hydroxyl groups excluding tert-OH is 1. The number of ether oxygens (including phenoxy) is 1. The lowest BCUT2D eigenvalue weighted by molar-refractivity contribution is 0.277. The molecule has 0 aliphatic carbocycles. The van der Waals surface area contributed by atoms with Gasteiger partial charge in [0.25, 0.3) is 0 Å². The SMILES string of the molecule is COc1ccc(F)c(-c2cnn(CCCO)c2)c1. The van der Waals surface area contributed by atoms with Gasteiger partial charge in [0.2, 0.25) is 0 Å². The molecule has 1 N–H and O–H groups in total. The van der Waals surface area contributed by atoms with Gasteiger partial charge in [0.1, 0.15) is 11.6 Å². The van der Waals surface area contributed by atoms with E-state index in [2.05, 4.69) is 5.10 Å². The Labute approximate surface area is 105 Å². The fourth-order valence-corrected chi connectivity index (χ4v) is 1.71. The van der Waals surface area contributed by atoms with Crippen LogP contribution in [0.3, 0.4) is 0 Å². The van der Waals surface area contributed by atoms with Crippen LogP contribution in [0.25, 0.3) is 11.1 Å². The summed E-state index contributed by atoms with van der Waals surface area (Å²) in [5, 5.41) is 12.9. The third-order valence-corrected chi connectivity index (χ3v) is 2.66. The summed E-state index contributed by atoms with van der Waals surface area (Å²) in [6.07, 6.45) is 3.99. The first-order valence-electron chi connectivity index (χ1n) is 5.72. The molecular weight excluding hydrogens is 235 g/mol. The lowest BCUT2D eigenvalue weighted by Crippen LogP contribution is -1.99. The first-order valence-corrected chi connectivity index (χ1v) is 5.72. The van der Waals surface area contributed by atoms with Crippen LogP contribution in [0.1, 0.15) is 6.42 Å². The van der Waals surface area contributed by atoms with Gasteiger partial charge in [-0.2, -0.15) is 5.10 Å². The van der Waals surface area contributed by atoms with E-state index in [0.717, 1.165) is 0 Å². The first-order chi connectivity index (χ1) is 8.74. The molecule has 0 aliphatic heterocycles. The molecule has 5 heteroatoms. The highest BCUT2D eigenvalue weighted by atomic mass is 19.1. The number of aryl methyl sites for hydroxylation is 1. The fourth-order valence-electron chi connectivity index (χ4n) is 1.71. The number of aromatic nitrogens is 2. The Kier molecular flexibility index (Phi) is 3.94. The number of hydrogen-bond acceptors (Lipinski definition) is 3. The molecule has 0 radical (unpaired) electrons. The molecule has 0 bridgehead atoms. The van der Waals surface area contributed by atoms with Gasteiger partial charge in [-0.25, -0.2) is 4.39 Å². The van der Waals surface area contributed by atoms with Crippen molar-refractivity contribution in [1.82, 2.24) is 9.78 Å². The quantitative estimate of drug-likeness (QED) is 0.883. The van der Waals surface area contributed by atoms with Gasteiger partial charge in [-0.05, 0) is 24.6 Å². The maximum Gasteiger partial charge on any atom is 0.131 e. The monoisotopic (exact) mass is 250 g/mol. The van der Waals surface area contributed by atoms with Crippen LogP contribution in [0, 0.1) is 5.82 Å². The summed E-state index contributed by atoms with van der Waals surface area (Å²) in [7, 11) is 1.54. The van der Waals surface area contributed by atoms with Crippen molar-refractivity contribution >= 4 is 0 Å². The molecule has 0 saturated heterocycles. The van der Waals surface area contributed by atoms with Crippen LogP contribution in [0.4, 0.5) is 4.39 Å². The van der Waals surface area contributed by atoms with Gasteiger partial charge in [0.15, 0.2) is 0 Å². The number of methoxy groups -OCH3 is 1. The van der Waals surface area contributed by atoms with Crippen molar-refractivity contribution in [3.8, 4) is 16.9 Å². The molecular formula is C13H15FN2O2. The van der Waals surface area contributed by atoms with E-state index < -0.39 is 0 Å². The van der Waals surface area contributed by atoms with Crippen molar-refractivity contribution in [3.63, 3.8) is 0 Å². The zero-order chi connectivity index (χ0) is 13.0. The molecule has 2 rings (SSSR count). The van der Waals surface area contributed by atoms with E-state index in [1.165, 1.54) is 6.07 Å². The zero-order valence-corrected chi connectivity index (χ0v) is 10.1. The Bertz CT molecular complexity index is 525. The van der Waals surface area contributed by atoms with E-state index in [1.807, 2.05) is 0 Å². The molecule has 0 fully saturated rings. The van der Waals surface area contributed by atoms with Crippen LogP contribution in [0.2, 0.25) is 0 Å². The maximum atomic E-state index is 13.7. The van der Waals surface area contributed by atoms with E-state index in [9.17, 15) is 4.39 Å². The summed E-state index contributed by atoms with van der Waals surface area (Å²) in [6.45, 7) is 0.727. The Morgan fingerprint density at radius 1 is 1.44 bits per heavy atom. The van der Waals surface area contributed by atoms with Crippen molar-refractivity contribution in [2.45, 2.75) is 13.0 Å². The molecule has 0 aliphatic rings. The largest absolute Gasteiger partial charge is 0.497 e. The van der Waals surface area contributed by atoms with Gasteiger partial charge >= 0.3 is 0 Å². The second-order valence-electron chi connectivity index (χ2n) is 3.92. The van der Waals surface area contributed by atoms with Crippen molar-refractivity contribution in [2.24, 2.45) is 0 Å². The Morgan fingerprint density at radius 3 is 3.00 bits per heavy atom. The van der Waals surface area contributed by atoms with Gasteiger partial charge in [0, 0.05) is 30.5 Å². The van der Waals surface area contributed by atoms with Crippen molar-refractivity contribution < 1.29 is 14.2 Å². The molecule has 96 valence electrons. The van der Waals surface area contributed by atoms with E-state index in [-0.39, 0.29) is 12.4 Å². The summed E-state index contributed by atoms with van der Waals surface area (Å²) in [6, 6.07) is 4.59. The molecule has 0 saturated carbocycles. The molecule has 4 nitrogen and oxygen atoms in total. The minimum Gasteiger partial charge on any atom is -0.497 e. The van der Waals surface area contributed by atoms with Crippen LogP contribution in [-0.2, 0) is 6.54 Å². The van der Waals surface area contributed by atoms with Crippen molar-refractivity contribution in [1.29, 1.82) is 0 Å². The zero-order valence-electron chi connectivity index (χ0n) is 10.1. The second-order valence-corrected chi connectivity index (χ2v) is 3.92. The third kappa shape index (κ3) is 2.68. The summed E-state index contributed by atoms with van der Waals surface area (Å²) >= 11 is 0. The lowest BCUT2D eigenvalue weighted by atomic mass is 10.1. The highest BCUT2D eigenvalue weighted by Gasteiger charge is 2.09. The van der Waals surface area contributed by atoms with Gasteiger partial charge in [-0.15, -0.1) is 0 Å². The molecule has 1 heterocycles. The number of rotatable bonds is 5. The third-order valence-electron chi connectivity index (χ3n) is 2.66. The molecule has 2 aromatic rings. The Balaban J connectivity index is 2.27. The summed E-state index contributed by atoms with van der Waals surface area (Å²) in [5.41, 5.74) is 1.16. The van der Waals surface area contributed by atoms with Crippen molar-refractivity contribution in [2.75, 3.05) is 13.7 Å². The molecule has 1 aromatic heterocycles. The predicted octanol–water partition coefficient (Wildman–Crippen LogP) is 2.08. The number of benzene rings is 1. The van der Waals surface area contributed by atoms with Crippen LogP contribution in [-0.4, -0.2) is 28.6 Å². The molecule has 18 heavy (non-hydrogen) atoms. The highest BCUT2D eigenvalue weighted by Crippen LogP contribution is 2.26. The van der Waals surface area contributed by atoms with Crippen LogP contribution in [0.5, 0.6) is 5.75 Å². The van der Waals surface area contributed by atoms with Gasteiger partial charge < -0.3 is 9.84 Å². The van der Waals surface area contributed by atoms with Gasteiger partial charge in [-0.3, -0.25) is 4.68 Å². The van der Waals surface area contributed by atoms with Gasteiger partial charge in [0.05, 0.1) is 13.3 Å². The second kappa shape index (κ2) is 5.64. The molecule has 0 unspecified atom stereocenters. The number of halogens is 1. The van der Waals surface area contributed by atoms with Crippen LogP contribution >= 0.6 is 0 Å². The summed E-state index contributed by atoms with van der Waals surface area (Å²) < 4.78 is 20.5. The minimum atomic E-state index is -0.308. The predicted molar refractivity (Wildman–Crippen MR) is 65.9 cm³/mol. The first kappa shape index (κ1) is 12.6. The molecule has 0 spiro atoms. The number of nitrogens with zero attached hydrogens (tertiary/aromatic N) is 2. The number of hydrogen-bond donors (Lipinski definition) is 1. The molecule has 1 aromatic carbocycles. The van der Waals surface area contributed by atoms with Crippen LogP contribution in [0.15, 0.2) is 30.6 Å². The molecule has 0 amide bonds. The fraction of sp³-hybridized carbons (Fsp3) is 0.308. The maximum absolute atomic E-state index is 13.7. The lowest BCUT2D eigenvalue weighted by Gasteiger charge is -2.04. The Morgan fingerprint density at radius 2 is 2.28 bits per heavy atom. The number of aliphatic hydroxyl groups is 1. The topological polar surface area (TPSA) is 47.3 Å². The molecule has 0 atom stereocenters. The Hall–Kier alpha value is -1.88. The van der Waals surface area contributed by atoms with E-state index in [1.54, 1.807) is 36.3 Å². The average molecular weight is 250 g/mol. The smallest absolute Gasteiger partial charge is 0.131 e. The minimum absolute atomic E-state index is 0.114. The van der Waals surface area contributed by atoms with Crippen LogP contribution < -0.4 is 4.74 Å². The van der Waals surface area contributed by atoms with E-state index in [4.69, 9.17) is 9.84 Å². The standard InChI is InChI=1S/C13H15FN2O2/c1-18-11-3-4-13(14)12(7-11)10-8-15-16(9-10)5-2-6-17/h3-4,7-9,17H,2,5-6H2,1H3. The van der Waals surface area contributed by atoms with E-state index >= 15 is 0 Å². The van der Waals surface area contributed by atoms with Gasteiger partial charge in [-0.1, -0.05) is 0 Å². The highest BCUT2D eigenvalue weighted by molar-refractivity contribution is 5.64. The van der Waals surface area contributed by atoms with Crippen molar-refractivity contribution in [3.05, 3.63) is 36.4 Å². The average Bonchev–Trinajstić information content (AvgIpc) is 2.85. The normalized spacial score (nSPS) is 10.6. The summed E-state index contributed by atoms with van der Waals surface area (Å²) in [4.78, 5) is 0.